The Bertz CT molecular complexity index is 568. The van der Waals surface area contributed by atoms with Crippen molar-refractivity contribution in [3.63, 3.8) is 0 Å². The Morgan fingerprint density at radius 1 is 0.950 bits per heavy atom. The summed E-state index contributed by atoms with van der Waals surface area (Å²) in [6.07, 6.45) is 1.01. The van der Waals surface area contributed by atoms with E-state index in [1.165, 1.54) is 11.1 Å². The average molecular weight is 308 g/mol. The molecule has 1 N–H and O–H groups in total. The van der Waals surface area contributed by atoms with Gasteiger partial charge in [0.15, 0.2) is 0 Å². The molecule has 1 unspecified atom stereocenters. The summed E-state index contributed by atoms with van der Waals surface area (Å²) in [5.41, 5.74) is 2.41. The fourth-order valence-corrected chi connectivity index (χ4v) is 2.74. The summed E-state index contributed by atoms with van der Waals surface area (Å²) < 4.78 is 0. The van der Waals surface area contributed by atoms with Crippen LogP contribution in [0.3, 0.4) is 0 Å². The van der Waals surface area contributed by atoms with E-state index in [0.29, 0.717) is 0 Å². The molecular formula is C17H19Cl2N. The largest absolute Gasteiger partial charge is 0.303 e. The molecule has 0 amide bonds. The third kappa shape index (κ3) is 3.99. The second kappa shape index (κ2) is 7.12. The smallest absolute Gasteiger partial charge is 0.0409 e. The van der Waals surface area contributed by atoms with Crippen LogP contribution in [-0.4, -0.2) is 0 Å². The maximum absolute atomic E-state index is 6.08. The van der Waals surface area contributed by atoms with Gasteiger partial charge in [0, 0.05) is 22.1 Å². The van der Waals surface area contributed by atoms with Gasteiger partial charge in [0.1, 0.15) is 0 Å². The maximum Gasteiger partial charge on any atom is 0.0409 e. The summed E-state index contributed by atoms with van der Waals surface area (Å²) in [5.74, 6) is 0. The van der Waals surface area contributed by atoms with Gasteiger partial charge in [-0.25, -0.2) is 0 Å². The summed E-state index contributed by atoms with van der Waals surface area (Å²) in [4.78, 5) is 0. The number of rotatable bonds is 5. The first-order valence-corrected chi connectivity index (χ1v) is 7.62. The summed E-state index contributed by atoms with van der Waals surface area (Å²) in [7, 11) is 0. The highest BCUT2D eigenvalue weighted by Gasteiger charge is 2.14. The Balaban J connectivity index is 2.14. The highest BCUT2D eigenvalue weighted by atomic mass is 35.5. The second-order valence-corrected chi connectivity index (χ2v) is 5.83. The molecule has 0 aliphatic carbocycles. The monoisotopic (exact) mass is 307 g/mol. The van der Waals surface area contributed by atoms with Gasteiger partial charge >= 0.3 is 0 Å². The van der Waals surface area contributed by atoms with Crippen molar-refractivity contribution in [3.8, 4) is 0 Å². The van der Waals surface area contributed by atoms with Crippen LogP contribution in [0, 0.1) is 0 Å². The number of benzene rings is 2. The Morgan fingerprint density at radius 2 is 1.50 bits per heavy atom. The van der Waals surface area contributed by atoms with Crippen molar-refractivity contribution >= 4 is 23.2 Å². The van der Waals surface area contributed by atoms with Gasteiger partial charge in [-0.15, -0.1) is 0 Å². The number of hydrogen-bond donors (Lipinski definition) is 1. The molecule has 3 heteroatoms. The Morgan fingerprint density at radius 3 is 2.05 bits per heavy atom. The van der Waals surface area contributed by atoms with Crippen molar-refractivity contribution in [3.05, 3.63) is 69.7 Å². The SMILES string of the molecule is CCC(N[C@H](C)c1cccc(Cl)c1)c1cccc(Cl)c1. The van der Waals surface area contributed by atoms with E-state index >= 15 is 0 Å². The van der Waals surface area contributed by atoms with Crippen LogP contribution in [-0.2, 0) is 0 Å². The fraction of sp³-hybridized carbons (Fsp3) is 0.294. The zero-order valence-corrected chi connectivity index (χ0v) is 13.2. The molecule has 0 saturated carbocycles. The van der Waals surface area contributed by atoms with E-state index in [1.54, 1.807) is 0 Å². The van der Waals surface area contributed by atoms with Gasteiger partial charge in [0.05, 0.1) is 0 Å². The number of halogens is 2. The van der Waals surface area contributed by atoms with Crippen molar-refractivity contribution in [1.29, 1.82) is 0 Å². The number of nitrogens with one attached hydrogen (secondary N) is 1. The highest BCUT2D eigenvalue weighted by Crippen LogP contribution is 2.25. The average Bonchev–Trinajstić information content (AvgIpc) is 2.44. The quantitative estimate of drug-likeness (QED) is 0.736. The van der Waals surface area contributed by atoms with E-state index in [4.69, 9.17) is 23.2 Å². The molecule has 0 bridgehead atoms. The van der Waals surface area contributed by atoms with Crippen molar-refractivity contribution in [2.24, 2.45) is 0 Å². The van der Waals surface area contributed by atoms with Crippen LogP contribution in [0.15, 0.2) is 48.5 Å². The second-order valence-electron chi connectivity index (χ2n) is 4.96. The molecule has 0 aliphatic rings. The van der Waals surface area contributed by atoms with Crippen molar-refractivity contribution in [2.75, 3.05) is 0 Å². The van der Waals surface area contributed by atoms with Crippen LogP contribution in [0.2, 0.25) is 10.0 Å². The van der Waals surface area contributed by atoms with E-state index in [-0.39, 0.29) is 12.1 Å². The first-order chi connectivity index (χ1) is 9.60. The normalized spacial score (nSPS) is 14.0. The highest BCUT2D eigenvalue weighted by molar-refractivity contribution is 6.30. The third-order valence-corrected chi connectivity index (χ3v) is 3.93. The van der Waals surface area contributed by atoms with E-state index in [2.05, 4.69) is 31.3 Å². The molecule has 1 nitrogen and oxygen atoms in total. The van der Waals surface area contributed by atoms with Gasteiger partial charge in [-0.3, -0.25) is 0 Å². The lowest BCUT2D eigenvalue weighted by atomic mass is 10.0. The summed E-state index contributed by atoms with van der Waals surface area (Å²) >= 11 is 12.1. The first kappa shape index (κ1) is 15.4. The van der Waals surface area contributed by atoms with E-state index < -0.39 is 0 Å². The predicted molar refractivity (Wildman–Crippen MR) is 87.5 cm³/mol. The van der Waals surface area contributed by atoms with Crippen LogP contribution < -0.4 is 5.32 Å². The molecule has 2 atom stereocenters. The molecular weight excluding hydrogens is 289 g/mol. The van der Waals surface area contributed by atoms with Crippen LogP contribution in [0.1, 0.15) is 43.5 Å². The molecule has 0 spiro atoms. The molecule has 0 radical (unpaired) electrons. The van der Waals surface area contributed by atoms with Crippen molar-refractivity contribution in [2.45, 2.75) is 32.4 Å². The van der Waals surface area contributed by atoms with Crippen LogP contribution in [0.5, 0.6) is 0 Å². The predicted octanol–water partition coefficient (Wildman–Crippen LogP) is 5.80. The molecule has 0 saturated heterocycles. The Labute approximate surface area is 130 Å². The minimum Gasteiger partial charge on any atom is -0.303 e. The minimum atomic E-state index is 0.234. The van der Waals surface area contributed by atoms with Gasteiger partial charge < -0.3 is 5.32 Å². The van der Waals surface area contributed by atoms with Gasteiger partial charge in [-0.1, -0.05) is 54.4 Å². The van der Waals surface area contributed by atoms with Gasteiger partial charge in [-0.2, -0.15) is 0 Å². The van der Waals surface area contributed by atoms with Gasteiger partial charge in [0.2, 0.25) is 0 Å². The standard InChI is InChI=1S/C17H19Cl2N/c1-3-17(14-7-5-9-16(19)11-14)20-12(2)13-6-4-8-15(18)10-13/h4-12,17,20H,3H2,1-2H3/t12-,17?/m1/s1. The topological polar surface area (TPSA) is 12.0 Å². The molecule has 0 heterocycles. The lowest BCUT2D eigenvalue weighted by Gasteiger charge is -2.23. The van der Waals surface area contributed by atoms with Crippen LogP contribution in [0.25, 0.3) is 0 Å². The fourth-order valence-electron chi connectivity index (χ4n) is 2.35. The minimum absolute atomic E-state index is 0.234. The van der Waals surface area contributed by atoms with E-state index in [1.807, 2.05) is 36.4 Å². The summed E-state index contributed by atoms with van der Waals surface area (Å²) in [5, 5.41) is 5.18. The zero-order valence-electron chi connectivity index (χ0n) is 11.7. The molecule has 2 aromatic carbocycles. The molecule has 0 fully saturated rings. The van der Waals surface area contributed by atoms with Gasteiger partial charge in [-0.05, 0) is 48.7 Å². The van der Waals surface area contributed by atoms with Crippen LogP contribution >= 0.6 is 23.2 Å². The van der Waals surface area contributed by atoms with Crippen LogP contribution in [0.4, 0.5) is 0 Å². The molecule has 0 aromatic heterocycles. The Kier molecular flexibility index (Phi) is 5.47. The van der Waals surface area contributed by atoms with E-state index in [0.717, 1.165) is 16.5 Å². The molecule has 2 rings (SSSR count). The molecule has 20 heavy (non-hydrogen) atoms. The lowest BCUT2D eigenvalue weighted by Crippen LogP contribution is -2.24. The maximum atomic E-state index is 6.08. The third-order valence-electron chi connectivity index (χ3n) is 3.46. The van der Waals surface area contributed by atoms with Crippen molar-refractivity contribution in [1.82, 2.24) is 5.32 Å². The molecule has 106 valence electrons. The zero-order chi connectivity index (χ0) is 14.5. The Hall–Kier alpha value is -1.02. The first-order valence-electron chi connectivity index (χ1n) is 6.87. The summed E-state index contributed by atoms with van der Waals surface area (Å²) in [6, 6.07) is 16.5. The van der Waals surface area contributed by atoms with Gasteiger partial charge in [0.25, 0.3) is 0 Å². The van der Waals surface area contributed by atoms with Crippen molar-refractivity contribution < 1.29 is 0 Å². The molecule has 0 aliphatic heterocycles. The number of hydrogen-bond acceptors (Lipinski definition) is 1. The molecule has 2 aromatic rings. The summed E-state index contributed by atoms with van der Waals surface area (Å²) in [6.45, 7) is 4.32. The van der Waals surface area contributed by atoms with E-state index in [9.17, 15) is 0 Å². The lowest BCUT2D eigenvalue weighted by molar-refractivity contribution is 0.456.